The normalized spacial score (nSPS) is 23.0. The molecule has 0 radical (unpaired) electrons. The molecule has 0 aromatic rings. The molecule has 0 bridgehead atoms. The molecule has 112 valence electrons. The van der Waals surface area contributed by atoms with Crippen LogP contribution in [-0.4, -0.2) is 62.8 Å². The van der Waals surface area contributed by atoms with E-state index in [2.05, 4.69) is 5.32 Å². The number of ether oxygens (including phenoxy) is 1. The number of morpholine rings is 1. The average molecular weight is 293 g/mol. The smallest absolute Gasteiger partial charge is 0.240 e. The molecule has 1 heterocycles. The summed E-state index contributed by atoms with van der Waals surface area (Å²) in [5.41, 5.74) is 5.52. The number of nitrogens with zero attached hydrogens (tertiary/aromatic N) is 1. The molecule has 2 unspecified atom stereocenters. The van der Waals surface area contributed by atoms with E-state index in [1.54, 1.807) is 13.8 Å². The molecular formula is C11H23N3O4S. The van der Waals surface area contributed by atoms with E-state index < -0.39 is 21.3 Å². The van der Waals surface area contributed by atoms with Crippen molar-refractivity contribution < 1.29 is 17.9 Å². The van der Waals surface area contributed by atoms with E-state index in [1.807, 2.05) is 0 Å². The first-order valence-electron chi connectivity index (χ1n) is 6.55. The third kappa shape index (κ3) is 3.65. The zero-order valence-corrected chi connectivity index (χ0v) is 12.3. The number of nitrogens with two attached hydrogens (primary N) is 1. The third-order valence-corrected chi connectivity index (χ3v) is 5.66. The molecule has 1 aliphatic heterocycles. The van der Waals surface area contributed by atoms with E-state index in [1.165, 1.54) is 4.31 Å². The van der Waals surface area contributed by atoms with Gasteiger partial charge in [-0.15, -0.1) is 0 Å². The van der Waals surface area contributed by atoms with Crippen molar-refractivity contribution in [3.05, 3.63) is 0 Å². The standard InChI is InChI=1S/C11H23N3O4S/c1-3-9(7-12)19(16,17)14-5-6-18-8-10(14)11(15)13-4-2/h9-10H,3-8,12H2,1-2H3,(H,13,15). The number of sulfonamides is 1. The summed E-state index contributed by atoms with van der Waals surface area (Å²) in [6.45, 7) is 4.66. The molecule has 8 heteroatoms. The molecular weight excluding hydrogens is 270 g/mol. The summed E-state index contributed by atoms with van der Waals surface area (Å²) in [6.07, 6.45) is 0.429. The Morgan fingerprint density at radius 2 is 2.21 bits per heavy atom. The summed E-state index contributed by atoms with van der Waals surface area (Å²) in [5, 5.41) is 1.99. The Bertz CT molecular complexity index is 395. The van der Waals surface area contributed by atoms with Gasteiger partial charge < -0.3 is 15.8 Å². The molecule has 0 spiro atoms. The van der Waals surface area contributed by atoms with Crippen molar-refractivity contribution >= 4 is 15.9 Å². The van der Waals surface area contributed by atoms with Crippen LogP contribution < -0.4 is 11.1 Å². The quantitative estimate of drug-likeness (QED) is 0.646. The van der Waals surface area contributed by atoms with E-state index in [4.69, 9.17) is 10.5 Å². The number of carbonyl (C=O) groups excluding carboxylic acids is 1. The number of rotatable bonds is 6. The summed E-state index contributed by atoms with van der Waals surface area (Å²) in [6, 6.07) is -0.792. The van der Waals surface area contributed by atoms with Crippen molar-refractivity contribution in [2.75, 3.05) is 32.8 Å². The maximum atomic E-state index is 12.5. The van der Waals surface area contributed by atoms with E-state index in [9.17, 15) is 13.2 Å². The van der Waals surface area contributed by atoms with Crippen LogP contribution in [0.2, 0.25) is 0 Å². The van der Waals surface area contributed by atoms with Gasteiger partial charge in [0.25, 0.3) is 0 Å². The van der Waals surface area contributed by atoms with Gasteiger partial charge in [-0.05, 0) is 13.3 Å². The van der Waals surface area contributed by atoms with E-state index >= 15 is 0 Å². The number of likely N-dealkylation sites (N-methyl/N-ethyl adjacent to an activating group) is 1. The van der Waals surface area contributed by atoms with Crippen LogP contribution in [0, 0.1) is 0 Å². The van der Waals surface area contributed by atoms with Crippen LogP contribution in [0.5, 0.6) is 0 Å². The number of hydrogen-bond donors (Lipinski definition) is 2. The van der Waals surface area contributed by atoms with Gasteiger partial charge in [0.05, 0.1) is 18.5 Å². The van der Waals surface area contributed by atoms with Crippen LogP contribution in [0.4, 0.5) is 0 Å². The largest absolute Gasteiger partial charge is 0.378 e. The van der Waals surface area contributed by atoms with Gasteiger partial charge in [0.15, 0.2) is 0 Å². The minimum atomic E-state index is -3.57. The summed E-state index contributed by atoms with van der Waals surface area (Å²) in [7, 11) is -3.57. The lowest BCUT2D eigenvalue weighted by molar-refractivity contribution is -0.129. The van der Waals surface area contributed by atoms with Crippen molar-refractivity contribution in [1.29, 1.82) is 0 Å². The van der Waals surface area contributed by atoms with Crippen LogP contribution in [0.3, 0.4) is 0 Å². The summed E-state index contributed by atoms with van der Waals surface area (Å²) in [5.74, 6) is -0.322. The van der Waals surface area contributed by atoms with Crippen LogP contribution in [0.15, 0.2) is 0 Å². The first-order chi connectivity index (χ1) is 8.98. The van der Waals surface area contributed by atoms with Gasteiger partial charge in [0.1, 0.15) is 6.04 Å². The van der Waals surface area contributed by atoms with Gasteiger partial charge in [-0.25, -0.2) is 8.42 Å². The summed E-state index contributed by atoms with van der Waals surface area (Å²) >= 11 is 0. The second-order valence-electron chi connectivity index (χ2n) is 4.41. The topological polar surface area (TPSA) is 102 Å². The molecule has 19 heavy (non-hydrogen) atoms. The Hall–Kier alpha value is -0.700. The van der Waals surface area contributed by atoms with Gasteiger partial charge in [-0.3, -0.25) is 4.79 Å². The van der Waals surface area contributed by atoms with Crippen molar-refractivity contribution in [2.45, 2.75) is 31.6 Å². The first-order valence-corrected chi connectivity index (χ1v) is 8.05. The van der Waals surface area contributed by atoms with Gasteiger partial charge in [-0.2, -0.15) is 4.31 Å². The predicted molar refractivity (Wildman–Crippen MR) is 72.0 cm³/mol. The van der Waals surface area contributed by atoms with Crippen LogP contribution >= 0.6 is 0 Å². The lowest BCUT2D eigenvalue weighted by Crippen LogP contribution is -2.58. The third-order valence-electron chi connectivity index (χ3n) is 3.20. The molecule has 3 N–H and O–H groups in total. The van der Waals surface area contributed by atoms with Crippen molar-refractivity contribution in [1.82, 2.24) is 9.62 Å². The van der Waals surface area contributed by atoms with Gasteiger partial charge in [0, 0.05) is 19.6 Å². The van der Waals surface area contributed by atoms with Crippen LogP contribution in [0.1, 0.15) is 20.3 Å². The average Bonchev–Trinajstić information content (AvgIpc) is 2.40. The monoisotopic (exact) mass is 293 g/mol. The molecule has 0 saturated carbocycles. The van der Waals surface area contributed by atoms with Crippen LogP contribution in [0.25, 0.3) is 0 Å². The van der Waals surface area contributed by atoms with Gasteiger partial charge >= 0.3 is 0 Å². The minimum Gasteiger partial charge on any atom is -0.378 e. The van der Waals surface area contributed by atoms with E-state index in [-0.39, 0.29) is 25.6 Å². The molecule has 0 aromatic carbocycles. The summed E-state index contributed by atoms with van der Waals surface area (Å²) in [4.78, 5) is 11.9. The van der Waals surface area contributed by atoms with Gasteiger partial charge in [-0.1, -0.05) is 6.92 Å². The van der Waals surface area contributed by atoms with E-state index in [0.717, 1.165) is 0 Å². The Labute approximate surface area is 114 Å². The number of amides is 1. The zero-order chi connectivity index (χ0) is 14.5. The minimum absolute atomic E-state index is 0.0539. The van der Waals surface area contributed by atoms with Crippen molar-refractivity contribution in [2.24, 2.45) is 5.73 Å². The first kappa shape index (κ1) is 16.4. The predicted octanol–water partition coefficient (Wildman–Crippen LogP) is -1.11. The molecule has 1 rings (SSSR count). The highest BCUT2D eigenvalue weighted by Crippen LogP contribution is 2.18. The lowest BCUT2D eigenvalue weighted by atomic mass is 10.2. The molecule has 7 nitrogen and oxygen atoms in total. The number of hydrogen-bond acceptors (Lipinski definition) is 5. The Kier molecular flexibility index (Phi) is 6.18. The highest BCUT2D eigenvalue weighted by molar-refractivity contribution is 7.89. The molecule has 1 fully saturated rings. The molecule has 1 amide bonds. The maximum absolute atomic E-state index is 12.5. The SMILES string of the molecule is CCNC(=O)C1COCCN1S(=O)(=O)C(CC)CN. The Morgan fingerprint density at radius 3 is 2.74 bits per heavy atom. The summed E-state index contributed by atoms with van der Waals surface area (Å²) < 4.78 is 31.4. The Balaban J connectivity index is 2.96. The molecule has 2 atom stereocenters. The second-order valence-corrected chi connectivity index (χ2v) is 6.57. The molecule has 1 aliphatic rings. The second kappa shape index (κ2) is 7.18. The zero-order valence-electron chi connectivity index (χ0n) is 11.5. The lowest BCUT2D eigenvalue weighted by Gasteiger charge is -2.35. The Morgan fingerprint density at radius 1 is 1.53 bits per heavy atom. The molecule has 1 saturated heterocycles. The number of carbonyl (C=O) groups is 1. The molecule has 0 aliphatic carbocycles. The van der Waals surface area contributed by atoms with Crippen molar-refractivity contribution in [3.8, 4) is 0 Å². The van der Waals surface area contributed by atoms with Crippen molar-refractivity contribution in [3.63, 3.8) is 0 Å². The fourth-order valence-corrected chi connectivity index (χ4v) is 3.97. The van der Waals surface area contributed by atoms with Gasteiger partial charge in [0.2, 0.25) is 15.9 Å². The van der Waals surface area contributed by atoms with E-state index in [0.29, 0.717) is 19.6 Å². The maximum Gasteiger partial charge on any atom is 0.240 e. The highest BCUT2D eigenvalue weighted by Gasteiger charge is 2.40. The fourth-order valence-electron chi connectivity index (χ4n) is 2.08. The molecule has 0 aromatic heterocycles. The fraction of sp³-hybridized carbons (Fsp3) is 0.909. The number of nitrogens with one attached hydrogen (secondary N) is 1. The van der Waals surface area contributed by atoms with Crippen LogP contribution in [-0.2, 0) is 19.6 Å². The highest BCUT2D eigenvalue weighted by atomic mass is 32.2.